The second-order valence-electron chi connectivity index (χ2n) is 11.0. The predicted octanol–water partition coefficient (Wildman–Crippen LogP) is 4.01. The number of aliphatic carboxylic acids is 1. The predicted molar refractivity (Wildman–Crippen MR) is 149 cm³/mol. The van der Waals surface area contributed by atoms with Crippen molar-refractivity contribution in [1.82, 2.24) is 15.5 Å². The van der Waals surface area contributed by atoms with Crippen molar-refractivity contribution in [3.63, 3.8) is 0 Å². The van der Waals surface area contributed by atoms with Crippen LogP contribution in [0.4, 0.5) is 4.79 Å². The standard InChI is InChI=1S/C32H33N3O5/c36-29(37)15-14-28(31(38)34-30-25-17-35(18-26(25)30)16-20-8-2-1-3-9-20)33-32(39)40-19-27-23-12-6-4-10-21(23)22-11-5-7-13-24(22)27/h1-13,25-28,30H,14-19H2,(H,33,39)(H,34,38)(H,36,37). The van der Waals surface area contributed by atoms with Crippen molar-refractivity contribution < 1.29 is 24.2 Å². The van der Waals surface area contributed by atoms with Crippen molar-refractivity contribution in [2.45, 2.75) is 37.4 Å². The number of piperidine rings is 1. The number of carboxylic acid groups (broad SMARTS) is 1. The van der Waals surface area contributed by atoms with E-state index in [9.17, 15) is 19.5 Å². The van der Waals surface area contributed by atoms with Gasteiger partial charge in [-0.25, -0.2) is 4.79 Å². The van der Waals surface area contributed by atoms with E-state index < -0.39 is 18.1 Å². The smallest absolute Gasteiger partial charge is 0.407 e. The number of ether oxygens (including phenoxy) is 1. The molecule has 8 heteroatoms. The number of fused-ring (bicyclic) bond motifs is 4. The molecule has 1 saturated carbocycles. The van der Waals surface area contributed by atoms with Crippen LogP contribution in [0, 0.1) is 11.8 Å². The number of nitrogens with one attached hydrogen (secondary N) is 2. The van der Waals surface area contributed by atoms with Gasteiger partial charge in [-0.1, -0.05) is 78.9 Å². The van der Waals surface area contributed by atoms with E-state index in [4.69, 9.17) is 4.74 Å². The first kappa shape index (κ1) is 26.1. The lowest BCUT2D eigenvalue weighted by molar-refractivity contribution is -0.137. The topological polar surface area (TPSA) is 108 Å². The molecule has 40 heavy (non-hydrogen) atoms. The Bertz CT molecular complexity index is 1350. The zero-order valence-corrected chi connectivity index (χ0v) is 22.2. The fourth-order valence-electron chi connectivity index (χ4n) is 6.38. The molecule has 3 aromatic carbocycles. The number of nitrogens with zero attached hydrogens (tertiary/aromatic N) is 1. The maximum absolute atomic E-state index is 13.1. The Balaban J connectivity index is 1.03. The molecule has 1 heterocycles. The molecule has 8 nitrogen and oxygen atoms in total. The number of alkyl carbamates (subject to hydrolysis) is 1. The number of carboxylic acids is 1. The Morgan fingerprint density at radius 2 is 1.48 bits per heavy atom. The van der Waals surface area contributed by atoms with Gasteiger partial charge in [-0.05, 0) is 46.1 Å². The lowest BCUT2D eigenvalue weighted by Crippen LogP contribution is -2.49. The van der Waals surface area contributed by atoms with Gasteiger partial charge < -0.3 is 20.5 Å². The van der Waals surface area contributed by atoms with Crippen LogP contribution in [0.1, 0.15) is 35.4 Å². The highest BCUT2D eigenvalue weighted by Crippen LogP contribution is 2.46. The third-order valence-electron chi connectivity index (χ3n) is 8.43. The molecule has 2 fully saturated rings. The van der Waals surface area contributed by atoms with Gasteiger partial charge in [-0.3, -0.25) is 14.5 Å². The molecule has 0 aromatic heterocycles. The largest absolute Gasteiger partial charge is 0.481 e. The first-order valence-electron chi connectivity index (χ1n) is 13.9. The number of carbonyl (C=O) groups excluding carboxylic acids is 2. The first-order chi connectivity index (χ1) is 19.5. The minimum atomic E-state index is -1.02. The quantitative estimate of drug-likeness (QED) is 0.360. The summed E-state index contributed by atoms with van der Waals surface area (Å²) in [6.45, 7) is 2.82. The molecule has 3 N–H and O–H groups in total. The Morgan fingerprint density at radius 3 is 2.10 bits per heavy atom. The molecule has 3 unspecified atom stereocenters. The van der Waals surface area contributed by atoms with Gasteiger partial charge in [0.2, 0.25) is 5.91 Å². The van der Waals surface area contributed by atoms with E-state index in [1.165, 1.54) is 5.56 Å². The molecule has 2 amide bonds. The summed E-state index contributed by atoms with van der Waals surface area (Å²) < 4.78 is 5.61. The monoisotopic (exact) mass is 539 g/mol. The molecule has 0 radical (unpaired) electrons. The molecule has 2 aliphatic carbocycles. The molecule has 206 valence electrons. The van der Waals surface area contributed by atoms with E-state index in [1.54, 1.807) is 0 Å². The van der Waals surface area contributed by atoms with Crippen molar-refractivity contribution >= 4 is 18.0 Å². The second kappa shape index (κ2) is 11.1. The highest BCUT2D eigenvalue weighted by atomic mass is 16.5. The average molecular weight is 540 g/mol. The van der Waals surface area contributed by atoms with Crippen LogP contribution in [0.2, 0.25) is 0 Å². The van der Waals surface area contributed by atoms with Crippen LogP contribution in [0.3, 0.4) is 0 Å². The molecular formula is C32H33N3O5. The lowest BCUT2D eigenvalue weighted by Gasteiger charge is -2.22. The van der Waals surface area contributed by atoms with Gasteiger partial charge >= 0.3 is 12.1 Å². The molecule has 3 aliphatic rings. The van der Waals surface area contributed by atoms with Crippen molar-refractivity contribution in [1.29, 1.82) is 0 Å². The molecule has 3 aromatic rings. The maximum Gasteiger partial charge on any atom is 0.407 e. The van der Waals surface area contributed by atoms with Crippen LogP contribution < -0.4 is 10.6 Å². The van der Waals surface area contributed by atoms with Crippen LogP contribution in [0.5, 0.6) is 0 Å². The number of amides is 2. The normalized spacial score (nSPS) is 21.6. The maximum atomic E-state index is 13.1. The van der Waals surface area contributed by atoms with Gasteiger partial charge in [0.1, 0.15) is 12.6 Å². The molecule has 0 spiro atoms. The molecule has 6 rings (SSSR count). The highest BCUT2D eigenvalue weighted by molar-refractivity contribution is 5.87. The summed E-state index contributed by atoms with van der Waals surface area (Å²) >= 11 is 0. The van der Waals surface area contributed by atoms with Gasteiger partial charge in [0, 0.05) is 38.0 Å². The first-order valence-corrected chi connectivity index (χ1v) is 13.9. The summed E-state index contributed by atoms with van der Waals surface area (Å²) in [4.78, 5) is 39.6. The summed E-state index contributed by atoms with van der Waals surface area (Å²) in [5.41, 5.74) is 5.72. The number of hydrogen-bond donors (Lipinski definition) is 3. The van der Waals surface area contributed by atoms with Crippen molar-refractivity contribution in [3.8, 4) is 11.1 Å². The summed E-state index contributed by atoms with van der Waals surface area (Å²) in [6.07, 6.45) is -0.963. The SMILES string of the molecule is O=C(O)CCC(NC(=O)OCC1c2ccccc2-c2ccccc21)C(=O)NC1C2CN(Cc3ccccc3)CC21. The summed E-state index contributed by atoms with van der Waals surface area (Å²) in [5, 5.41) is 14.9. The van der Waals surface area contributed by atoms with E-state index in [-0.39, 0.29) is 37.3 Å². The Kier molecular flexibility index (Phi) is 7.26. The van der Waals surface area contributed by atoms with Crippen LogP contribution in [0.25, 0.3) is 11.1 Å². The van der Waals surface area contributed by atoms with Gasteiger partial charge in [-0.2, -0.15) is 0 Å². The molecule has 1 aliphatic heterocycles. The third kappa shape index (κ3) is 5.45. The molecule has 1 saturated heterocycles. The number of carbonyl (C=O) groups is 3. The zero-order valence-electron chi connectivity index (χ0n) is 22.2. The van der Waals surface area contributed by atoms with Crippen molar-refractivity contribution in [2.75, 3.05) is 19.7 Å². The van der Waals surface area contributed by atoms with Crippen LogP contribution >= 0.6 is 0 Å². The molecule has 0 bridgehead atoms. The van der Waals surface area contributed by atoms with E-state index in [0.717, 1.165) is 41.9 Å². The highest BCUT2D eigenvalue weighted by Gasteiger charge is 2.56. The molecule has 3 atom stereocenters. The van der Waals surface area contributed by atoms with Gasteiger partial charge in [0.05, 0.1) is 0 Å². The average Bonchev–Trinajstić information content (AvgIpc) is 3.28. The molecular weight excluding hydrogens is 506 g/mol. The number of benzene rings is 3. The Labute approximate surface area is 233 Å². The van der Waals surface area contributed by atoms with E-state index in [1.807, 2.05) is 54.6 Å². The van der Waals surface area contributed by atoms with Gasteiger partial charge in [0.25, 0.3) is 0 Å². The van der Waals surface area contributed by atoms with Crippen molar-refractivity contribution in [2.24, 2.45) is 11.8 Å². The zero-order chi connectivity index (χ0) is 27.6. The number of rotatable bonds is 10. The Hall–Kier alpha value is -4.17. The lowest BCUT2D eigenvalue weighted by atomic mass is 9.98. The minimum Gasteiger partial charge on any atom is -0.481 e. The summed E-state index contributed by atoms with van der Waals surface area (Å²) in [7, 11) is 0. The van der Waals surface area contributed by atoms with Crippen LogP contribution in [0.15, 0.2) is 78.9 Å². The van der Waals surface area contributed by atoms with Crippen molar-refractivity contribution in [3.05, 3.63) is 95.6 Å². The Morgan fingerprint density at radius 1 is 0.875 bits per heavy atom. The number of likely N-dealkylation sites (tertiary alicyclic amines) is 1. The fourth-order valence-corrected chi connectivity index (χ4v) is 6.38. The summed E-state index contributed by atoms with van der Waals surface area (Å²) in [5.74, 6) is -0.727. The van der Waals surface area contributed by atoms with E-state index in [2.05, 4.69) is 39.8 Å². The van der Waals surface area contributed by atoms with Crippen LogP contribution in [-0.2, 0) is 20.9 Å². The van der Waals surface area contributed by atoms with Crippen LogP contribution in [-0.4, -0.2) is 59.8 Å². The van der Waals surface area contributed by atoms with E-state index in [0.29, 0.717) is 11.8 Å². The second-order valence-corrected chi connectivity index (χ2v) is 11.0. The van der Waals surface area contributed by atoms with Gasteiger partial charge in [-0.15, -0.1) is 0 Å². The minimum absolute atomic E-state index is 0.00640. The van der Waals surface area contributed by atoms with Gasteiger partial charge in [0.15, 0.2) is 0 Å². The fraction of sp³-hybridized carbons (Fsp3) is 0.344. The number of hydrogen-bond acceptors (Lipinski definition) is 5. The third-order valence-corrected chi connectivity index (χ3v) is 8.43. The summed E-state index contributed by atoms with van der Waals surface area (Å²) in [6, 6.07) is 25.5. The van der Waals surface area contributed by atoms with E-state index >= 15 is 0 Å².